The van der Waals surface area contributed by atoms with Crippen molar-refractivity contribution < 1.29 is 9.53 Å². The maximum atomic E-state index is 13.1. The number of nitrogens with one attached hydrogen (secondary N) is 1. The predicted octanol–water partition coefficient (Wildman–Crippen LogP) is 2.46. The number of hydrogen-bond acceptors (Lipinski definition) is 5. The highest BCUT2D eigenvalue weighted by Gasteiger charge is 2.47. The van der Waals surface area contributed by atoms with E-state index in [4.69, 9.17) is 9.72 Å². The number of fused-ring (bicyclic) bond motifs is 2. The number of nitrogens with zero attached hydrogens (tertiary/aromatic N) is 4. The zero-order chi connectivity index (χ0) is 19.7. The second kappa shape index (κ2) is 7.54. The number of carbonyl (C=O) groups is 1. The SMILES string of the molecule is COc1ncccc1C(=O)N1CCC2(CC1)c1nc[nH]c1CCN2CC(C)C. The molecule has 4 rings (SSSR count). The Hall–Kier alpha value is -2.41. The van der Waals surface area contributed by atoms with Gasteiger partial charge in [0, 0.05) is 44.5 Å². The summed E-state index contributed by atoms with van der Waals surface area (Å²) in [7, 11) is 1.55. The highest BCUT2D eigenvalue weighted by atomic mass is 16.5. The second-order valence-electron chi connectivity index (χ2n) is 8.20. The zero-order valence-corrected chi connectivity index (χ0v) is 16.9. The smallest absolute Gasteiger partial charge is 0.259 e. The number of amides is 1. The van der Waals surface area contributed by atoms with Crippen molar-refractivity contribution in [3.05, 3.63) is 41.6 Å². The lowest BCUT2D eigenvalue weighted by Crippen LogP contribution is -2.57. The van der Waals surface area contributed by atoms with Crippen molar-refractivity contribution in [2.75, 3.05) is 33.3 Å². The molecule has 0 saturated carbocycles. The Morgan fingerprint density at radius 2 is 2.07 bits per heavy atom. The predicted molar refractivity (Wildman–Crippen MR) is 106 cm³/mol. The van der Waals surface area contributed by atoms with Gasteiger partial charge >= 0.3 is 0 Å². The molecule has 28 heavy (non-hydrogen) atoms. The zero-order valence-electron chi connectivity index (χ0n) is 16.9. The summed E-state index contributed by atoms with van der Waals surface area (Å²) in [6.45, 7) is 8.03. The van der Waals surface area contributed by atoms with Crippen LogP contribution in [0.5, 0.6) is 5.88 Å². The van der Waals surface area contributed by atoms with E-state index in [-0.39, 0.29) is 11.4 Å². The van der Waals surface area contributed by atoms with Crippen LogP contribution in [0.1, 0.15) is 48.4 Å². The van der Waals surface area contributed by atoms with Crippen LogP contribution in [0.3, 0.4) is 0 Å². The van der Waals surface area contributed by atoms with Gasteiger partial charge in [-0.3, -0.25) is 9.69 Å². The highest BCUT2D eigenvalue weighted by molar-refractivity contribution is 5.96. The van der Waals surface area contributed by atoms with Crippen molar-refractivity contribution in [1.82, 2.24) is 24.8 Å². The molecule has 7 heteroatoms. The Labute approximate surface area is 166 Å². The molecule has 0 aromatic carbocycles. The largest absolute Gasteiger partial charge is 0.480 e. The number of pyridine rings is 1. The molecule has 0 aliphatic carbocycles. The minimum absolute atomic E-state index is 0.00623. The summed E-state index contributed by atoms with van der Waals surface area (Å²) in [4.78, 5) is 29.8. The van der Waals surface area contributed by atoms with E-state index in [1.54, 1.807) is 25.4 Å². The lowest BCUT2D eigenvalue weighted by atomic mass is 9.78. The van der Waals surface area contributed by atoms with E-state index in [1.165, 1.54) is 11.4 Å². The number of aromatic amines is 1. The summed E-state index contributed by atoms with van der Waals surface area (Å²) in [6.07, 6.45) is 6.27. The molecular formula is C21H29N5O2. The van der Waals surface area contributed by atoms with Crippen LogP contribution in [-0.2, 0) is 12.0 Å². The van der Waals surface area contributed by atoms with E-state index < -0.39 is 0 Å². The molecule has 2 aliphatic heterocycles. The molecule has 1 spiro atoms. The third-order valence-electron chi connectivity index (χ3n) is 6.05. The minimum atomic E-state index is -0.0757. The summed E-state index contributed by atoms with van der Waals surface area (Å²) < 4.78 is 5.28. The van der Waals surface area contributed by atoms with E-state index in [0.717, 1.165) is 32.4 Å². The van der Waals surface area contributed by atoms with Gasteiger partial charge in [0.05, 0.1) is 24.7 Å². The fraction of sp³-hybridized carbons (Fsp3) is 0.571. The average molecular weight is 383 g/mol. The number of H-pyrrole nitrogens is 1. The molecule has 1 fully saturated rings. The van der Waals surface area contributed by atoms with Crippen LogP contribution < -0.4 is 4.74 Å². The summed E-state index contributed by atoms with van der Waals surface area (Å²) >= 11 is 0. The van der Waals surface area contributed by atoms with Crippen molar-refractivity contribution in [3.8, 4) is 5.88 Å². The lowest BCUT2D eigenvalue weighted by Gasteiger charge is -2.51. The summed E-state index contributed by atoms with van der Waals surface area (Å²) in [5.41, 5.74) is 2.90. The number of aromatic nitrogens is 3. The van der Waals surface area contributed by atoms with Gasteiger partial charge in [-0.25, -0.2) is 9.97 Å². The molecule has 0 bridgehead atoms. The van der Waals surface area contributed by atoms with Crippen LogP contribution in [0, 0.1) is 5.92 Å². The molecule has 4 heterocycles. The Bertz CT molecular complexity index is 839. The van der Waals surface area contributed by atoms with Crippen molar-refractivity contribution in [2.45, 2.75) is 38.6 Å². The number of likely N-dealkylation sites (tertiary alicyclic amines) is 1. The molecular weight excluding hydrogens is 354 g/mol. The summed E-state index contributed by atoms with van der Waals surface area (Å²) in [6, 6.07) is 3.57. The molecule has 2 aliphatic rings. The topological polar surface area (TPSA) is 74.3 Å². The molecule has 2 aromatic rings. The third-order valence-corrected chi connectivity index (χ3v) is 6.05. The first-order valence-electron chi connectivity index (χ1n) is 10.1. The molecule has 0 radical (unpaired) electrons. The molecule has 0 unspecified atom stereocenters. The van der Waals surface area contributed by atoms with Crippen LogP contribution in [0.25, 0.3) is 0 Å². The van der Waals surface area contributed by atoms with E-state index in [0.29, 0.717) is 30.5 Å². The normalized spacial score (nSPS) is 19.1. The second-order valence-corrected chi connectivity index (χ2v) is 8.20. The average Bonchev–Trinajstić information content (AvgIpc) is 3.20. The maximum absolute atomic E-state index is 13.1. The number of piperidine rings is 1. The first-order chi connectivity index (χ1) is 13.5. The Morgan fingerprint density at radius 3 is 2.79 bits per heavy atom. The van der Waals surface area contributed by atoms with Crippen molar-refractivity contribution in [3.63, 3.8) is 0 Å². The van der Waals surface area contributed by atoms with Crippen molar-refractivity contribution in [2.24, 2.45) is 5.92 Å². The monoisotopic (exact) mass is 383 g/mol. The number of hydrogen-bond donors (Lipinski definition) is 1. The Morgan fingerprint density at radius 1 is 1.29 bits per heavy atom. The number of carbonyl (C=O) groups excluding carboxylic acids is 1. The Kier molecular flexibility index (Phi) is 5.10. The molecule has 2 aromatic heterocycles. The first-order valence-corrected chi connectivity index (χ1v) is 10.1. The van der Waals surface area contributed by atoms with Crippen LogP contribution in [0.2, 0.25) is 0 Å². The number of ether oxygens (including phenoxy) is 1. The molecule has 150 valence electrons. The number of methoxy groups -OCH3 is 1. The summed E-state index contributed by atoms with van der Waals surface area (Å²) in [5, 5.41) is 0. The molecule has 1 amide bonds. The van der Waals surface area contributed by atoms with Crippen LogP contribution in [0.4, 0.5) is 0 Å². The molecule has 7 nitrogen and oxygen atoms in total. The molecule has 1 saturated heterocycles. The number of rotatable bonds is 4. The fourth-order valence-corrected chi connectivity index (χ4v) is 4.75. The van der Waals surface area contributed by atoms with Gasteiger partial charge in [0.1, 0.15) is 5.56 Å². The van der Waals surface area contributed by atoms with Gasteiger partial charge in [-0.05, 0) is 30.9 Å². The summed E-state index contributed by atoms with van der Waals surface area (Å²) in [5.74, 6) is 0.978. The maximum Gasteiger partial charge on any atom is 0.259 e. The highest BCUT2D eigenvalue weighted by Crippen LogP contribution is 2.42. The molecule has 0 atom stereocenters. The van der Waals surface area contributed by atoms with Crippen LogP contribution in [0.15, 0.2) is 24.7 Å². The van der Waals surface area contributed by atoms with Gasteiger partial charge in [0.2, 0.25) is 5.88 Å². The van der Waals surface area contributed by atoms with Gasteiger partial charge in [-0.15, -0.1) is 0 Å². The standard InChI is InChI=1S/C21H29N5O2/c1-15(2)13-26-10-6-17-18(24-14-23-17)21(26)7-11-25(12-8-21)20(27)16-5-4-9-22-19(16)28-3/h4-5,9,14-15H,6-8,10-13H2,1-3H3,(H,23,24). The van der Waals surface area contributed by atoms with Gasteiger partial charge in [-0.1, -0.05) is 13.8 Å². The first kappa shape index (κ1) is 18.9. The van der Waals surface area contributed by atoms with Gasteiger partial charge in [0.15, 0.2) is 0 Å². The van der Waals surface area contributed by atoms with E-state index >= 15 is 0 Å². The van der Waals surface area contributed by atoms with Crippen molar-refractivity contribution >= 4 is 5.91 Å². The quantitative estimate of drug-likeness (QED) is 0.878. The lowest BCUT2D eigenvalue weighted by molar-refractivity contribution is 0.000529. The van der Waals surface area contributed by atoms with Gasteiger partial charge in [0.25, 0.3) is 5.91 Å². The van der Waals surface area contributed by atoms with E-state index in [9.17, 15) is 4.79 Å². The van der Waals surface area contributed by atoms with E-state index in [2.05, 4.69) is 28.7 Å². The number of imidazole rings is 1. The van der Waals surface area contributed by atoms with Gasteiger partial charge in [-0.2, -0.15) is 0 Å². The third kappa shape index (κ3) is 3.17. The minimum Gasteiger partial charge on any atom is -0.480 e. The van der Waals surface area contributed by atoms with Crippen LogP contribution >= 0.6 is 0 Å². The molecule has 1 N–H and O–H groups in total. The van der Waals surface area contributed by atoms with Crippen LogP contribution in [-0.4, -0.2) is 63.9 Å². The van der Waals surface area contributed by atoms with Gasteiger partial charge < -0.3 is 14.6 Å². The Balaban J connectivity index is 1.57. The van der Waals surface area contributed by atoms with Crippen molar-refractivity contribution in [1.29, 1.82) is 0 Å². The fourth-order valence-electron chi connectivity index (χ4n) is 4.75. The van der Waals surface area contributed by atoms with E-state index in [1.807, 2.05) is 11.2 Å².